The molecule has 2 aromatic rings. The van der Waals surface area contributed by atoms with Gasteiger partial charge in [0.15, 0.2) is 0 Å². The van der Waals surface area contributed by atoms with Crippen molar-refractivity contribution in [3.05, 3.63) is 30.4 Å². The van der Waals surface area contributed by atoms with E-state index in [4.69, 9.17) is 10.5 Å². The summed E-state index contributed by atoms with van der Waals surface area (Å²) < 4.78 is 31.9. The molecular weight excluding hydrogens is 282 g/mol. The number of benzene rings is 1. The summed E-state index contributed by atoms with van der Waals surface area (Å²) in [5, 5.41) is 6.34. The van der Waals surface area contributed by atoms with Gasteiger partial charge < -0.3 is 10.5 Å². The van der Waals surface area contributed by atoms with E-state index in [1.165, 1.54) is 31.6 Å². The maximum atomic E-state index is 12.2. The number of anilines is 1. The summed E-state index contributed by atoms with van der Waals surface area (Å²) in [5.74, 6) is 0.814. The van der Waals surface area contributed by atoms with Gasteiger partial charge in [0.2, 0.25) is 10.0 Å². The quantitative estimate of drug-likeness (QED) is 0.641. The van der Waals surface area contributed by atoms with Gasteiger partial charge in [-0.15, -0.1) is 0 Å². The summed E-state index contributed by atoms with van der Waals surface area (Å²) in [5.41, 5.74) is 6.03. The van der Waals surface area contributed by atoms with Crippen LogP contribution in [0.1, 0.15) is 5.82 Å². The molecule has 108 valence electrons. The van der Waals surface area contributed by atoms with Crippen molar-refractivity contribution >= 4 is 15.7 Å². The van der Waals surface area contributed by atoms with E-state index in [1.54, 1.807) is 0 Å². The third-order valence-electron chi connectivity index (χ3n) is 2.60. The normalized spacial score (nSPS) is 11.4. The highest BCUT2D eigenvalue weighted by Gasteiger charge is 2.19. The summed E-state index contributed by atoms with van der Waals surface area (Å²) in [7, 11) is -2.27. The summed E-state index contributed by atoms with van der Waals surface area (Å²) in [6.07, 6.45) is 1.78. The Balaban J connectivity index is 2.10. The molecule has 4 N–H and O–H groups in total. The third kappa shape index (κ3) is 3.25. The van der Waals surface area contributed by atoms with Gasteiger partial charge in [-0.05, 0) is 12.1 Å². The first-order valence-electron chi connectivity index (χ1n) is 5.80. The molecule has 1 heterocycles. The lowest BCUT2D eigenvalue weighted by Crippen LogP contribution is -2.26. The van der Waals surface area contributed by atoms with E-state index in [0.29, 0.717) is 17.9 Å². The van der Waals surface area contributed by atoms with Crippen molar-refractivity contribution in [1.82, 2.24) is 19.9 Å². The van der Waals surface area contributed by atoms with Gasteiger partial charge in [0, 0.05) is 24.7 Å². The van der Waals surface area contributed by atoms with Gasteiger partial charge >= 0.3 is 0 Å². The molecular formula is C11H15N5O3S. The second-order valence-corrected chi connectivity index (χ2v) is 5.73. The van der Waals surface area contributed by atoms with E-state index in [2.05, 4.69) is 19.9 Å². The summed E-state index contributed by atoms with van der Waals surface area (Å²) in [6.45, 7) is 0.199. The van der Waals surface area contributed by atoms with E-state index in [-0.39, 0.29) is 17.2 Å². The van der Waals surface area contributed by atoms with Crippen LogP contribution in [0.15, 0.2) is 29.4 Å². The minimum absolute atomic E-state index is 0.0479. The molecule has 0 bridgehead atoms. The highest BCUT2D eigenvalue weighted by molar-refractivity contribution is 7.89. The van der Waals surface area contributed by atoms with Crippen molar-refractivity contribution < 1.29 is 13.2 Å². The lowest BCUT2D eigenvalue weighted by molar-refractivity contribution is 0.402. The number of H-pyrrole nitrogens is 1. The summed E-state index contributed by atoms with van der Waals surface area (Å²) >= 11 is 0. The molecule has 0 aliphatic carbocycles. The number of rotatable bonds is 6. The van der Waals surface area contributed by atoms with Gasteiger partial charge in [0.1, 0.15) is 22.8 Å². The lowest BCUT2D eigenvalue weighted by Gasteiger charge is -2.10. The Morgan fingerprint density at radius 2 is 2.25 bits per heavy atom. The zero-order chi connectivity index (χ0) is 14.6. The fourth-order valence-electron chi connectivity index (χ4n) is 1.64. The van der Waals surface area contributed by atoms with Gasteiger partial charge in [-0.3, -0.25) is 5.10 Å². The molecule has 8 nitrogen and oxygen atoms in total. The molecule has 0 aliphatic rings. The molecule has 20 heavy (non-hydrogen) atoms. The number of ether oxygens (including phenoxy) is 1. The van der Waals surface area contributed by atoms with Crippen molar-refractivity contribution in [2.24, 2.45) is 0 Å². The topological polar surface area (TPSA) is 123 Å². The molecule has 1 aromatic heterocycles. The molecule has 0 amide bonds. The molecule has 0 fully saturated rings. The Kier molecular flexibility index (Phi) is 4.20. The number of nitrogen functional groups attached to an aromatic ring is 1. The van der Waals surface area contributed by atoms with Gasteiger partial charge in [-0.1, -0.05) is 0 Å². The van der Waals surface area contributed by atoms with Crippen LogP contribution in [0.25, 0.3) is 0 Å². The molecule has 0 spiro atoms. The Morgan fingerprint density at radius 1 is 1.45 bits per heavy atom. The molecule has 2 rings (SSSR count). The number of nitrogens with zero attached hydrogens (tertiary/aromatic N) is 2. The highest BCUT2D eigenvalue weighted by Crippen LogP contribution is 2.25. The molecule has 9 heteroatoms. The standard InChI is InChI=1S/C11H15N5O3S/c1-19-9-6-8(12)2-3-10(9)20(17,18)15-5-4-11-13-7-14-16-11/h2-3,6-7,15H,4-5,12H2,1H3,(H,13,14,16). The first-order chi connectivity index (χ1) is 9.53. The molecule has 0 unspecified atom stereocenters. The highest BCUT2D eigenvalue weighted by atomic mass is 32.2. The third-order valence-corrected chi connectivity index (χ3v) is 4.10. The smallest absolute Gasteiger partial charge is 0.244 e. The zero-order valence-electron chi connectivity index (χ0n) is 10.8. The molecule has 0 saturated heterocycles. The number of methoxy groups -OCH3 is 1. The number of aromatic amines is 1. The van der Waals surface area contributed by atoms with E-state index < -0.39 is 10.0 Å². The minimum Gasteiger partial charge on any atom is -0.495 e. The summed E-state index contributed by atoms with van der Waals surface area (Å²) in [4.78, 5) is 3.96. The Hall–Kier alpha value is -2.13. The fraction of sp³-hybridized carbons (Fsp3) is 0.273. The van der Waals surface area contributed by atoms with Crippen LogP contribution in [0.4, 0.5) is 5.69 Å². The average molecular weight is 297 g/mol. The molecule has 0 saturated carbocycles. The monoisotopic (exact) mass is 297 g/mol. The maximum Gasteiger partial charge on any atom is 0.244 e. The Labute approximate surface area is 116 Å². The van der Waals surface area contributed by atoms with Crippen molar-refractivity contribution in [2.45, 2.75) is 11.3 Å². The average Bonchev–Trinajstić information content (AvgIpc) is 2.91. The summed E-state index contributed by atoms with van der Waals surface area (Å²) in [6, 6.07) is 4.38. The van der Waals surface area contributed by atoms with E-state index in [1.807, 2.05) is 0 Å². The van der Waals surface area contributed by atoms with Gasteiger partial charge in [-0.2, -0.15) is 5.10 Å². The van der Waals surface area contributed by atoms with E-state index >= 15 is 0 Å². The number of aromatic nitrogens is 3. The zero-order valence-corrected chi connectivity index (χ0v) is 11.6. The maximum absolute atomic E-state index is 12.2. The van der Waals surface area contributed by atoms with Crippen LogP contribution in [0, 0.1) is 0 Å². The molecule has 1 aromatic carbocycles. The van der Waals surface area contributed by atoms with Crippen LogP contribution >= 0.6 is 0 Å². The van der Waals surface area contributed by atoms with Crippen LogP contribution in [0.5, 0.6) is 5.75 Å². The number of nitrogens with one attached hydrogen (secondary N) is 2. The van der Waals surface area contributed by atoms with Crippen molar-refractivity contribution in [1.29, 1.82) is 0 Å². The van der Waals surface area contributed by atoms with Crippen LogP contribution in [0.3, 0.4) is 0 Å². The first-order valence-corrected chi connectivity index (χ1v) is 7.28. The number of nitrogens with two attached hydrogens (primary N) is 1. The first kappa shape index (κ1) is 14.3. The van der Waals surface area contributed by atoms with Crippen molar-refractivity contribution in [3.63, 3.8) is 0 Å². The number of hydrogen-bond donors (Lipinski definition) is 3. The predicted octanol–water partition coefficient (Wildman–Crippen LogP) is -0.0835. The van der Waals surface area contributed by atoms with Crippen LogP contribution in [0.2, 0.25) is 0 Å². The van der Waals surface area contributed by atoms with Gasteiger partial charge in [0.25, 0.3) is 0 Å². The Bertz CT molecular complexity index is 669. The fourth-order valence-corrected chi connectivity index (χ4v) is 2.82. The van der Waals surface area contributed by atoms with E-state index in [9.17, 15) is 8.42 Å². The number of sulfonamides is 1. The van der Waals surface area contributed by atoms with Gasteiger partial charge in [0.05, 0.1) is 7.11 Å². The van der Waals surface area contributed by atoms with Crippen LogP contribution in [-0.2, 0) is 16.4 Å². The number of hydrogen-bond acceptors (Lipinski definition) is 6. The van der Waals surface area contributed by atoms with Crippen molar-refractivity contribution in [2.75, 3.05) is 19.4 Å². The van der Waals surface area contributed by atoms with Crippen LogP contribution in [-0.4, -0.2) is 37.3 Å². The molecule has 0 radical (unpaired) electrons. The minimum atomic E-state index is -3.67. The van der Waals surface area contributed by atoms with Crippen molar-refractivity contribution in [3.8, 4) is 5.75 Å². The predicted molar refractivity (Wildman–Crippen MR) is 72.7 cm³/mol. The van der Waals surface area contributed by atoms with Crippen LogP contribution < -0.4 is 15.2 Å². The molecule has 0 atom stereocenters. The second-order valence-electron chi connectivity index (χ2n) is 3.99. The molecule has 0 aliphatic heterocycles. The SMILES string of the molecule is COc1cc(N)ccc1S(=O)(=O)NCCc1ncn[nH]1. The largest absolute Gasteiger partial charge is 0.495 e. The van der Waals surface area contributed by atoms with Gasteiger partial charge in [-0.25, -0.2) is 18.1 Å². The second kappa shape index (κ2) is 5.88. The van der Waals surface area contributed by atoms with E-state index in [0.717, 1.165) is 0 Å². The Morgan fingerprint density at radius 3 is 2.90 bits per heavy atom. The lowest BCUT2D eigenvalue weighted by atomic mass is 10.3.